The molecule has 0 bridgehead atoms. The van der Waals surface area contributed by atoms with Gasteiger partial charge in [-0.15, -0.1) is 25.3 Å². The molecule has 4 nitrogen and oxygen atoms in total. The van der Waals surface area contributed by atoms with Crippen LogP contribution in [0.2, 0.25) is 0 Å². The van der Waals surface area contributed by atoms with Crippen LogP contribution in [-0.4, -0.2) is 11.8 Å². The van der Waals surface area contributed by atoms with Crippen molar-refractivity contribution in [2.45, 2.75) is 37.5 Å². The van der Waals surface area contributed by atoms with Crippen LogP contribution >= 0.6 is 25.3 Å². The van der Waals surface area contributed by atoms with E-state index in [0.717, 1.165) is 11.1 Å². The standard InChI is InChI=1S/C20H24N2O2S2/c1-11(2)19(23)21-14-8-6-5-7-13(14)17-15(22-20(24)12(3)4)9-10-16(25)18(17)26/h5-12,25-26H,1-4H3,(H,21,23)(H,22,24). The van der Waals surface area contributed by atoms with E-state index in [1.165, 1.54) is 0 Å². The first-order valence-electron chi connectivity index (χ1n) is 8.48. The van der Waals surface area contributed by atoms with Gasteiger partial charge < -0.3 is 10.6 Å². The van der Waals surface area contributed by atoms with Crippen LogP contribution in [-0.2, 0) is 9.59 Å². The Bertz CT molecular complexity index is 833. The molecule has 0 aliphatic heterocycles. The van der Waals surface area contributed by atoms with Crippen LogP contribution in [0.15, 0.2) is 46.2 Å². The van der Waals surface area contributed by atoms with E-state index in [-0.39, 0.29) is 23.7 Å². The Labute approximate surface area is 165 Å². The van der Waals surface area contributed by atoms with Gasteiger partial charge in [-0.25, -0.2) is 0 Å². The van der Waals surface area contributed by atoms with Gasteiger partial charge in [0.15, 0.2) is 0 Å². The van der Waals surface area contributed by atoms with Crippen LogP contribution in [0.25, 0.3) is 11.1 Å². The monoisotopic (exact) mass is 388 g/mol. The number of anilines is 2. The van der Waals surface area contributed by atoms with Gasteiger partial charge in [0.1, 0.15) is 0 Å². The van der Waals surface area contributed by atoms with Crippen molar-refractivity contribution in [2.24, 2.45) is 11.8 Å². The highest BCUT2D eigenvalue weighted by Crippen LogP contribution is 2.41. The van der Waals surface area contributed by atoms with E-state index in [0.29, 0.717) is 21.2 Å². The van der Waals surface area contributed by atoms with E-state index in [9.17, 15) is 9.59 Å². The number of nitrogens with one attached hydrogen (secondary N) is 2. The lowest BCUT2D eigenvalue weighted by Gasteiger charge is -2.19. The third-order valence-electron chi connectivity index (χ3n) is 3.92. The molecule has 138 valence electrons. The van der Waals surface area contributed by atoms with Crippen molar-refractivity contribution in [1.82, 2.24) is 0 Å². The molecule has 0 atom stereocenters. The van der Waals surface area contributed by atoms with Crippen molar-refractivity contribution < 1.29 is 9.59 Å². The molecule has 0 radical (unpaired) electrons. The van der Waals surface area contributed by atoms with Crippen molar-refractivity contribution in [3.05, 3.63) is 36.4 Å². The Kier molecular flexibility index (Phi) is 6.78. The second-order valence-corrected chi connectivity index (χ2v) is 7.62. The van der Waals surface area contributed by atoms with E-state index in [1.54, 1.807) is 12.1 Å². The summed E-state index contributed by atoms with van der Waals surface area (Å²) in [5, 5.41) is 5.89. The Hall–Kier alpha value is -1.92. The summed E-state index contributed by atoms with van der Waals surface area (Å²) in [6.45, 7) is 7.34. The summed E-state index contributed by atoms with van der Waals surface area (Å²) in [6, 6.07) is 11.1. The zero-order valence-corrected chi connectivity index (χ0v) is 17.1. The van der Waals surface area contributed by atoms with Gasteiger partial charge in [0.2, 0.25) is 11.8 Å². The van der Waals surface area contributed by atoms with Crippen LogP contribution < -0.4 is 10.6 Å². The molecule has 0 fully saturated rings. The van der Waals surface area contributed by atoms with Crippen LogP contribution in [0.3, 0.4) is 0 Å². The summed E-state index contributed by atoms with van der Waals surface area (Å²) in [4.78, 5) is 25.7. The lowest BCUT2D eigenvalue weighted by atomic mass is 10.0. The van der Waals surface area contributed by atoms with Gasteiger partial charge in [0, 0.05) is 44.1 Å². The van der Waals surface area contributed by atoms with Gasteiger partial charge in [-0.05, 0) is 18.2 Å². The van der Waals surface area contributed by atoms with Crippen molar-refractivity contribution in [3.63, 3.8) is 0 Å². The van der Waals surface area contributed by atoms with E-state index in [4.69, 9.17) is 0 Å². The SMILES string of the molecule is CC(C)C(=O)Nc1ccccc1-c1c(NC(=O)C(C)C)ccc(S)c1S. The first-order valence-corrected chi connectivity index (χ1v) is 9.37. The third-order valence-corrected chi connectivity index (χ3v) is 4.93. The minimum absolute atomic E-state index is 0.0760. The van der Waals surface area contributed by atoms with Gasteiger partial charge in [0.25, 0.3) is 0 Å². The number of carbonyl (C=O) groups is 2. The maximum absolute atomic E-state index is 12.2. The number of hydrogen-bond acceptors (Lipinski definition) is 4. The highest BCUT2D eigenvalue weighted by molar-refractivity contribution is 7.83. The van der Waals surface area contributed by atoms with Gasteiger partial charge in [0.05, 0.1) is 0 Å². The smallest absolute Gasteiger partial charge is 0.226 e. The number of benzene rings is 2. The van der Waals surface area contributed by atoms with Gasteiger partial charge in [-0.3, -0.25) is 9.59 Å². The molecule has 0 aliphatic carbocycles. The van der Waals surface area contributed by atoms with Crippen LogP contribution in [0.5, 0.6) is 0 Å². The second-order valence-electron chi connectivity index (χ2n) is 6.69. The van der Waals surface area contributed by atoms with Gasteiger partial charge in [-0.1, -0.05) is 45.9 Å². The average Bonchev–Trinajstić information content (AvgIpc) is 2.59. The molecule has 2 aromatic carbocycles. The highest BCUT2D eigenvalue weighted by Gasteiger charge is 2.19. The molecule has 0 spiro atoms. The quantitative estimate of drug-likeness (QED) is 0.537. The number of thiol groups is 2. The maximum Gasteiger partial charge on any atom is 0.226 e. The minimum Gasteiger partial charge on any atom is -0.325 e. The molecule has 0 saturated carbocycles. The molecule has 0 aliphatic rings. The Morgan fingerprint density at radius 1 is 0.808 bits per heavy atom. The number of para-hydroxylation sites is 1. The number of carbonyl (C=O) groups excluding carboxylic acids is 2. The summed E-state index contributed by atoms with van der Waals surface area (Å²) in [6.07, 6.45) is 0. The van der Waals surface area contributed by atoms with Crippen LogP contribution in [0.4, 0.5) is 11.4 Å². The fourth-order valence-corrected chi connectivity index (χ4v) is 2.82. The summed E-state index contributed by atoms with van der Waals surface area (Å²) in [7, 11) is 0. The second kappa shape index (κ2) is 8.64. The van der Waals surface area contributed by atoms with E-state index >= 15 is 0 Å². The molecule has 0 saturated heterocycles. The minimum atomic E-state index is -0.155. The molecule has 2 rings (SSSR count). The predicted octanol–water partition coefficient (Wildman–Crippen LogP) is 5.12. The zero-order valence-electron chi connectivity index (χ0n) is 15.3. The summed E-state index contributed by atoms with van der Waals surface area (Å²) in [5.74, 6) is -0.463. The normalized spacial score (nSPS) is 10.9. The molecule has 6 heteroatoms. The molecule has 2 aromatic rings. The molecule has 0 heterocycles. The average molecular weight is 389 g/mol. The largest absolute Gasteiger partial charge is 0.325 e. The topological polar surface area (TPSA) is 58.2 Å². The number of rotatable bonds is 5. The molecular weight excluding hydrogens is 364 g/mol. The number of hydrogen-bond donors (Lipinski definition) is 4. The van der Waals surface area contributed by atoms with Crippen molar-refractivity contribution >= 4 is 48.4 Å². The summed E-state index contributed by atoms with van der Waals surface area (Å²) in [5.41, 5.74) is 2.81. The van der Waals surface area contributed by atoms with Crippen LogP contribution in [0.1, 0.15) is 27.7 Å². The predicted molar refractivity (Wildman–Crippen MR) is 113 cm³/mol. The summed E-state index contributed by atoms with van der Waals surface area (Å²) < 4.78 is 0. The molecule has 26 heavy (non-hydrogen) atoms. The fourth-order valence-electron chi connectivity index (χ4n) is 2.32. The molecule has 0 unspecified atom stereocenters. The van der Waals surface area contributed by atoms with Gasteiger partial charge >= 0.3 is 0 Å². The highest BCUT2D eigenvalue weighted by atomic mass is 32.1. The Balaban J connectivity index is 2.59. The first kappa shape index (κ1) is 20.4. The van der Waals surface area contributed by atoms with Gasteiger partial charge in [-0.2, -0.15) is 0 Å². The number of amides is 2. The van der Waals surface area contributed by atoms with E-state index in [1.807, 2.05) is 52.0 Å². The first-order chi connectivity index (χ1) is 12.2. The maximum atomic E-state index is 12.2. The Morgan fingerprint density at radius 2 is 1.35 bits per heavy atom. The van der Waals surface area contributed by atoms with E-state index < -0.39 is 0 Å². The van der Waals surface area contributed by atoms with Crippen molar-refractivity contribution in [1.29, 1.82) is 0 Å². The van der Waals surface area contributed by atoms with Crippen LogP contribution in [0, 0.1) is 11.8 Å². The molecule has 2 amide bonds. The fraction of sp³-hybridized carbons (Fsp3) is 0.300. The van der Waals surface area contributed by atoms with E-state index in [2.05, 4.69) is 35.9 Å². The lowest BCUT2D eigenvalue weighted by molar-refractivity contribution is -0.119. The lowest BCUT2D eigenvalue weighted by Crippen LogP contribution is -2.19. The molecular formula is C20H24N2O2S2. The molecule has 2 N–H and O–H groups in total. The third kappa shape index (κ3) is 4.62. The molecule has 0 aromatic heterocycles. The van der Waals surface area contributed by atoms with Crippen molar-refractivity contribution in [3.8, 4) is 11.1 Å². The zero-order chi connectivity index (χ0) is 19.4. The summed E-state index contributed by atoms with van der Waals surface area (Å²) >= 11 is 9.06. The van der Waals surface area contributed by atoms with Crippen molar-refractivity contribution in [2.75, 3.05) is 10.6 Å². The Morgan fingerprint density at radius 3 is 1.92 bits per heavy atom.